The van der Waals surface area contributed by atoms with E-state index in [-0.39, 0.29) is 0 Å². The summed E-state index contributed by atoms with van der Waals surface area (Å²) in [5.74, 6) is -1.82. The lowest BCUT2D eigenvalue weighted by molar-refractivity contribution is -0.124. The van der Waals surface area contributed by atoms with Gasteiger partial charge in [0.2, 0.25) is 5.91 Å². The molecule has 0 aromatic heterocycles. The van der Waals surface area contributed by atoms with Crippen molar-refractivity contribution in [3.63, 3.8) is 0 Å². The number of rotatable bonds is 4. The molecule has 18 heavy (non-hydrogen) atoms. The number of carbonyl (C=O) groups excluding carboxylic acids is 2. The van der Waals surface area contributed by atoms with Crippen LogP contribution in [0.3, 0.4) is 0 Å². The molecular formula is C11H10F3NO2S. The number of hydrogen-bond donors (Lipinski definition) is 1. The summed E-state index contributed by atoms with van der Waals surface area (Å²) in [5.41, 5.74) is -4.29. The third kappa shape index (κ3) is 4.79. The van der Waals surface area contributed by atoms with Crippen LogP contribution in [0.4, 0.5) is 18.9 Å². The van der Waals surface area contributed by atoms with Crippen LogP contribution in [-0.4, -0.2) is 22.4 Å². The zero-order valence-corrected chi connectivity index (χ0v) is 10.1. The lowest BCUT2D eigenvalue weighted by atomic mass is 10.2. The van der Waals surface area contributed by atoms with Crippen LogP contribution in [0, 0.1) is 0 Å². The number of para-hydroxylation sites is 1. The van der Waals surface area contributed by atoms with E-state index >= 15 is 0 Å². The molecule has 0 fully saturated rings. The largest absolute Gasteiger partial charge is 0.443 e. The van der Waals surface area contributed by atoms with Gasteiger partial charge in [-0.3, -0.25) is 9.59 Å². The van der Waals surface area contributed by atoms with Crippen LogP contribution in [0.1, 0.15) is 6.92 Å². The molecule has 0 aliphatic carbocycles. The molecule has 98 valence electrons. The van der Waals surface area contributed by atoms with Crippen molar-refractivity contribution < 1.29 is 22.8 Å². The molecule has 0 heterocycles. The van der Waals surface area contributed by atoms with E-state index in [1.807, 2.05) is 0 Å². The highest BCUT2D eigenvalue weighted by Gasteiger charge is 2.38. The molecule has 0 spiro atoms. The Kier molecular flexibility index (Phi) is 4.77. The number of halogens is 3. The minimum atomic E-state index is -4.63. The number of hydrogen-bond acceptors (Lipinski definition) is 3. The molecule has 1 N–H and O–H groups in total. The molecule has 1 aromatic rings. The number of Topliss-reactive ketones (excluding diaryl/α,β-unsaturated/α-hetero) is 1. The van der Waals surface area contributed by atoms with Gasteiger partial charge in [0.25, 0.3) is 0 Å². The van der Waals surface area contributed by atoms with E-state index in [2.05, 4.69) is 5.32 Å². The highest BCUT2D eigenvalue weighted by Crippen LogP contribution is 2.34. The predicted octanol–water partition coefficient (Wildman–Crippen LogP) is 2.84. The first kappa shape index (κ1) is 14.6. The van der Waals surface area contributed by atoms with Crippen LogP contribution in [0.5, 0.6) is 0 Å². The fourth-order valence-electron chi connectivity index (χ4n) is 1.18. The van der Waals surface area contributed by atoms with Gasteiger partial charge in [0.1, 0.15) is 0 Å². The summed E-state index contributed by atoms with van der Waals surface area (Å²) in [6, 6.07) is 7.98. The van der Waals surface area contributed by atoms with E-state index in [1.165, 1.54) is 12.1 Å². The minimum Gasteiger partial charge on any atom is -0.325 e. The molecule has 1 unspecified atom stereocenters. The van der Waals surface area contributed by atoms with Gasteiger partial charge in [-0.15, -0.1) is 0 Å². The summed E-state index contributed by atoms with van der Waals surface area (Å²) in [7, 11) is 0. The fraction of sp³-hybridized carbons (Fsp3) is 0.273. The number of amides is 1. The van der Waals surface area contributed by atoms with Gasteiger partial charge in [0.05, 0.1) is 0 Å². The molecule has 7 heteroatoms. The summed E-state index contributed by atoms with van der Waals surface area (Å²) in [6.45, 7) is 0.952. The van der Waals surface area contributed by atoms with E-state index in [0.717, 1.165) is 6.92 Å². The van der Waals surface area contributed by atoms with Gasteiger partial charge in [0.15, 0.2) is 11.0 Å². The quantitative estimate of drug-likeness (QED) is 0.861. The number of alkyl halides is 3. The summed E-state index contributed by atoms with van der Waals surface area (Å²) < 4.78 is 36.6. The SMILES string of the molecule is CC(=O)C(SC(F)(F)F)C(=O)Nc1ccccc1. The Morgan fingerprint density at radius 2 is 1.78 bits per heavy atom. The average molecular weight is 277 g/mol. The van der Waals surface area contributed by atoms with Crippen molar-refractivity contribution in [1.82, 2.24) is 0 Å². The Bertz CT molecular complexity index is 434. The monoisotopic (exact) mass is 277 g/mol. The number of anilines is 1. The molecule has 0 radical (unpaired) electrons. The zero-order chi connectivity index (χ0) is 13.8. The first-order valence-corrected chi connectivity index (χ1v) is 5.78. The van der Waals surface area contributed by atoms with Crippen molar-refractivity contribution in [1.29, 1.82) is 0 Å². The van der Waals surface area contributed by atoms with Gasteiger partial charge in [-0.05, 0) is 30.8 Å². The summed E-state index contributed by atoms with van der Waals surface area (Å²) in [4.78, 5) is 22.7. The molecule has 0 saturated carbocycles. The maximum absolute atomic E-state index is 12.2. The standard InChI is InChI=1S/C11H10F3NO2S/c1-7(16)9(18-11(12,13)14)10(17)15-8-5-3-2-4-6-8/h2-6,9H,1H3,(H,15,17). The van der Waals surface area contributed by atoms with E-state index in [0.29, 0.717) is 5.69 Å². The van der Waals surface area contributed by atoms with E-state index in [4.69, 9.17) is 0 Å². The van der Waals surface area contributed by atoms with Crippen molar-refractivity contribution in [2.75, 3.05) is 5.32 Å². The van der Waals surface area contributed by atoms with E-state index in [1.54, 1.807) is 18.2 Å². The van der Waals surface area contributed by atoms with Crippen molar-refractivity contribution in [2.45, 2.75) is 17.7 Å². The normalized spacial score (nSPS) is 12.9. The van der Waals surface area contributed by atoms with Crippen molar-refractivity contribution in [3.8, 4) is 0 Å². The molecule has 1 aromatic carbocycles. The minimum absolute atomic E-state index is 0.344. The van der Waals surface area contributed by atoms with Crippen LogP contribution >= 0.6 is 11.8 Å². The lowest BCUT2D eigenvalue weighted by Gasteiger charge is -2.15. The molecule has 3 nitrogen and oxygen atoms in total. The zero-order valence-electron chi connectivity index (χ0n) is 9.32. The number of carbonyl (C=O) groups is 2. The van der Waals surface area contributed by atoms with Gasteiger partial charge in [0, 0.05) is 5.69 Å². The van der Waals surface area contributed by atoms with Gasteiger partial charge in [-0.25, -0.2) is 0 Å². The Hall–Kier alpha value is -1.50. The third-order valence-electron chi connectivity index (χ3n) is 1.90. The first-order valence-electron chi connectivity index (χ1n) is 4.90. The second kappa shape index (κ2) is 5.90. The van der Waals surface area contributed by atoms with E-state index < -0.39 is 34.2 Å². The van der Waals surface area contributed by atoms with Gasteiger partial charge >= 0.3 is 5.51 Å². The van der Waals surface area contributed by atoms with Crippen LogP contribution in [0.2, 0.25) is 0 Å². The average Bonchev–Trinajstić information content (AvgIpc) is 2.25. The van der Waals surface area contributed by atoms with Crippen LogP contribution < -0.4 is 5.32 Å². The molecule has 0 aliphatic rings. The Morgan fingerprint density at radius 3 is 2.22 bits per heavy atom. The molecule has 1 atom stereocenters. The maximum atomic E-state index is 12.2. The van der Waals surface area contributed by atoms with Crippen LogP contribution in [-0.2, 0) is 9.59 Å². The molecule has 0 bridgehead atoms. The Balaban J connectivity index is 2.75. The first-order chi connectivity index (χ1) is 8.29. The molecule has 1 amide bonds. The molecular weight excluding hydrogens is 267 g/mol. The van der Waals surface area contributed by atoms with E-state index in [9.17, 15) is 22.8 Å². The predicted molar refractivity (Wildman–Crippen MR) is 63.2 cm³/mol. The molecule has 0 aliphatic heterocycles. The highest BCUT2D eigenvalue weighted by atomic mass is 32.2. The maximum Gasteiger partial charge on any atom is 0.443 e. The summed E-state index contributed by atoms with van der Waals surface area (Å²) in [6.07, 6.45) is 0. The summed E-state index contributed by atoms with van der Waals surface area (Å²) >= 11 is -0.624. The van der Waals surface area contributed by atoms with Crippen molar-refractivity contribution >= 4 is 29.1 Å². The van der Waals surface area contributed by atoms with Gasteiger partial charge in [-0.2, -0.15) is 13.2 Å². The second-order valence-corrected chi connectivity index (χ2v) is 4.58. The fourth-order valence-corrected chi connectivity index (χ4v) is 1.78. The Morgan fingerprint density at radius 1 is 1.22 bits per heavy atom. The van der Waals surface area contributed by atoms with Crippen molar-refractivity contribution in [3.05, 3.63) is 30.3 Å². The number of ketones is 1. The van der Waals surface area contributed by atoms with Crippen LogP contribution in [0.15, 0.2) is 30.3 Å². The van der Waals surface area contributed by atoms with Gasteiger partial charge < -0.3 is 5.32 Å². The lowest BCUT2D eigenvalue weighted by Crippen LogP contribution is -2.33. The molecule has 1 rings (SSSR count). The topological polar surface area (TPSA) is 46.2 Å². The smallest absolute Gasteiger partial charge is 0.325 e. The van der Waals surface area contributed by atoms with Crippen molar-refractivity contribution in [2.24, 2.45) is 0 Å². The second-order valence-electron chi connectivity index (χ2n) is 3.41. The number of thioether (sulfide) groups is 1. The molecule has 0 saturated heterocycles. The third-order valence-corrected chi connectivity index (χ3v) is 2.95. The van der Waals surface area contributed by atoms with Gasteiger partial charge in [-0.1, -0.05) is 18.2 Å². The number of nitrogens with one attached hydrogen (secondary N) is 1. The highest BCUT2D eigenvalue weighted by molar-refractivity contribution is 8.02. The number of benzene rings is 1. The summed E-state index contributed by atoms with van der Waals surface area (Å²) in [5, 5.41) is 0.478. The van der Waals surface area contributed by atoms with Crippen LogP contribution in [0.25, 0.3) is 0 Å². The Labute approximate surface area is 106 Å².